The van der Waals surface area contributed by atoms with Gasteiger partial charge in [0.05, 0.1) is 25.8 Å². The summed E-state index contributed by atoms with van der Waals surface area (Å²) in [6.07, 6.45) is 0. The van der Waals surface area contributed by atoms with Crippen molar-refractivity contribution < 1.29 is 9.47 Å². The van der Waals surface area contributed by atoms with Gasteiger partial charge in [0.25, 0.3) is 0 Å². The number of ether oxygens (including phenoxy) is 2. The number of hydrogen-bond acceptors (Lipinski definition) is 4. The van der Waals surface area contributed by atoms with Gasteiger partial charge in [-0.3, -0.25) is 4.99 Å². The Balaban J connectivity index is 1.79. The van der Waals surface area contributed by atoms with E-state index < -0.39 is 0 Å². The number of hydrogen-bond donors (Lipinski definition) is 1. The minimum Gasteiger partial charge on any atom is -0.497 e. The van der Waals surface area contributed by atoms with Gasteiger partial charge in [0, 0.05) is 10.0 Å². The van der Waals surface area contributed by atoms with Gasteiger partial charge in [-0.1, -0.05) is 47.5 Å². The summed E-state index contributed by atoms with van der Waals surface area (Å²) in [5.41, 5.74) is 3.01. The van der Waals surface area contributed by atoms with Crippen LogP contribution in [0.15, 0.2) is 71.7 Å². The van der Waals surface area contributed by atoms with Gasteiger partial charge in [-0.25, -0.2) is 0 Å². The lowest BCUT2D eigenvalue weighted by Crippen LogP contribution is -2.25. The lowest BCUT2D eigenvalue weighted by molar-refractivity contribution is 0.402. The topological polar surface area (TPSA) is 42.9 Å². The number of benzene rings is 3. The average Bonchev–Trinajstić information content (AvgIpc) is 3.19. The van der Waals surface area contributed by atoms with Crippen LogP contribution in [0.2, 0.25) is 10.0 Å². The molecule has 0 aliphatic carbocycles. The number of amidine groups is 1. The van der Waals surface area contributed by atoms with Crippen LogP contribution in [-0.4, -0.2) is 20.1 Å². The van der Waals surface area contributed by atoms with E-state index in [4.69, 9.17) is 37.7 Å². The van der Waals surface area contributed by atoms with Crippen LogP contribution >= 0.6 is 23.2 Å². The zero-order chi connectivity index (χ0) is 20.4. The van der Waals surface area contributed by atoms with Crippen LogP contribution in [0.5, 0.6) is 11.5 Å². The second-order valence-corrected chi connectivity index (χ2v) is 7.59. The number of aliphatic imine (C=N–C) groups is 1. The Kier molecular flexibility index (Phi) is 5.65. The van der Waals surface area contributed by atoms with Gasteiger partial charge in [0.15, 0.2) is 0 Å². The van der Waals surface area contributed by atoms with E-state index in [-0.39, 0.29) is 12.1 Å². The number of rotatable bonds is 5. The highest BCUT2D eigenvalue weighted by Gasteiger charge is 2.33. The van der Waals surface area contributed by atoms with Crippen LogP contribution in [0.25, 0.3) is 0 Å². The van der Waals surface area contributed by atoms with Crippen LogP contribution < -0.4 is 14.8 Å². The van der Waals surface area contributed by atoms with E-state index in [1.54, 1.807) is 14.2 Å². The van der Waals surface area contributed by atoms with Crippen LogP contribution in [0.3, 0.4) is 0 Å². The number of halogens is 2. The molecule has 0 amide bonds. The first-order valence-corrected chi connectivity index (χ1v) is 9.92. The molecule has 1 heterocycles. The lowest BCUT2D eigenvalue weighted by Gasteiger charge is -2.20. The molecule has 3 aromatic rings. The Bertz CT molecular complexity index is 1030. The molecule has 0 radical (unpaired) electrons. The molecule has 0 saturated carbocycles. The van der Waals surface area contributed by atoms with Crippen LogP contribution in [0.4, 0.5) is 0 Å². The van der Waals surface area contributed by atoms with Crippen molar-refractivity contribution in [1.82, 2.24) is 5.32 Å². The van der Waals surface area contributed by atoms with E-state index in [0.29, 0.717) is 10.0 Å². The highest BCUT2D eigenvalue weighted by Crippen LogP contribution is 2.39. The van der Waals surface area contributed by atoms with Crippen molar-refractivity contribution in [3.05, 3.63) is 93.5 Å². The maximum Gasteiger partial charge on any atom is 0.133 e. The Morgan fingerprint density at radius 1 is 0.793 bits per heavy atom. The third-order valence-electron chi connectivity index (χ3n) is 4.98. The Morgan fingerprint density at radius 3 is 2.00 bits per heavy atom. The van der Waals surface area contributed by atoms with E-state index >= 15 is 0 Å². The van der Waals surface area contributed by atoms with Gasteiger partial charge in [-0.05, 0) is 53.6 Å². The standard InChI is InChI=1S/C23H20Cl2N2O2/c1-28-18-11-12-20(29-2)19(13-18)23-26-21(14-3-7-16(24)8-4-14)22(27-23)15-5-9-17(25)10-6-15/h3-13,21-22H,1-2H3,(H,26,27). The molecule has 2 atom stereocenters. The summed E-state index contributed by atoms with van der Waals surface area (Å²) < 4.78 is 11.0. The predicted octanol–water partition coefficient (Wildman–Crippen LogP) is 5.84. The molecule has 0 fully saturated rings. The third kappa shape index (κ3) is 4.04. The molecule has 3 aromatic carbocycles. The van der Waals surface area contributed by atoms with Crippen molar-refractivity contribution in [2.75, 3.05) is 14.2 Å². The van der Waals surface area contributed by atoms with E-state index in [0.717, 1.165) is 34.0 Å². The fourth-order valence-electron chi connectivity index (χ4n) is 3.49. The number of methoxy groups -OCH3 is 2. The first-order valence-electron chi connectivity index (χ1n) is 9.16. The predicted molar refractivity (Wildman–Crippen MR) is 118 cm³/mol. The van der Waals surface area contributed by atoms with E-state index in [2.05, 4.69) is 5.32 Å². The Morgan fingerprint density at radius 2 is 1.41 bits per heavy atom. The minimum atomic E-state index is -0.126. The molecule has 0 bridgehead atoms. The summed E-state index contributed by atoms with van der Waals surface area (Å²) in [5.74, 6) is 2.22. The lowest BCUT2D eigenvalue weighted by atomic mass is 9.95. The highest BCUT2D eigenvalue weighted by molar-refractivity contribution is 6.30. The summed E-state index contributed by atoms with van der Waals surface area (Å²) in [6.45, 7) is 0. The summed E-state index contributed by atoms with van der Waals surface area (Å²) >= 11 is 12.2. The van der Waals surface area contributed by atoms with Gasteiger partial charge in [0.2, 0.25) is 0 Å². The molecule has 1 aliphatic heterocycles. The molecular weight excluding hydrogens is 407 g/mol. The van der Waals surface area contributed by atoms with Gasteiger partial charge in [-0.2, -0.15) is 0 Å². The van der Waals surface area contributed by atoms with E-state index in [1.807, 2.05) is 66.7 Å². The molecule has 4 rings (SSSR count). The normalized spacial score (nSPS) is 18.1. The number of nitrogens with zero attached hydrogens (tertiary/aromatic N) is 1. The van der Waals surface area contributed by atoms with Gasteiger partial charge in [0.1, 0.15) is 23.4 Å². The molecular formula is C23H20Cl2N2O2. The van der Waals surface area contributed by atoms with Gasteiger partial charge < -0.3 is 14.8 Å². The minimum absolute atomic E-state index is 0.0562. The maximum absolute atomic E-state index is 6.09. The molecule has 4 nitrogen and oxygen atoms in total. The second kappa shape index (κ2) is 8.36. The first-order chi connectivity index (χ1) is 14.1. The maximum atomic E-state index is 6.09. The zero-order valence-corrected chi connectivity index (χ0v) is 17.5. The van der Waals surface area contributed by atoms with Crippen LogP contribution in [-0.2, 0) is 0 Å². The zero-order valence-electron chi connectivity index (χ0n) is 16.0. The summed E-state index contributed by atoms with van der Waals surface area (Å²) in [5, 5.41) is 4.97. The molecule has 0 aromatic heterocycles. The molecule has 1 aliphatic rings. The molecule has 6 heteroatoms. The van der Waals surface area contributed by atoms with Crippen molar-refractivity contribution >= 4 is 29.0 Å². The SMILES string of the molecule is COc1ccc(OC)c(C2=NC(c3ccc(Cl)cc3)C(c3ccc(Cl)cc3)N2)c1. The third-order valence-corrected chi connectivity index (χ3v) is 5.48. The molecule has 0 saturated heterocycles. The largest absolute Gasteiger partial charge is 0.497 e. The Labute approximate surface area is 180 Å². The van der Waals surface area contributed by atoms with Gasteiger partial charge >= 0.3 is 0 Å². The van der Waals surface area contributed by atoms with Gasteiger partial charge in [-0.15, -0.1) is 0 Å². The average molecular weight is 427 g/mol. The number of nitrogens with one attached hydrogen (secondary N) is 1. The van der Waals surface area contributed by atoms with Crippen LogP contribution in [0, 0.1) is 0 Å². The van der Waals surface area contributed by atoms with Crippen molar-refractivity contribution in [2.24, 2.45) is 4.99 Å². The smallest absolute Gasteiger partial charge is 0.133 e. The molecule has 148 valence electrons. The van der Waals surface area contributed by atoms with Crippen molar-refractivity contribution in [3.8, 4) is 11.5 Å². The van der Waals surface area contributed by atoms with E-state index in [1.165, 1.54) is 0 Å². The quantitative estimate of drug-likeness (QED) is 0.556. The molecule has 0 spiro atoms. The molecule has 2 unspecified atom stereocenters. The summed E-state index contributed by atoms with van der Waals surface area (Å²) in [7, 11) is 3.29. The summed E-state index contributed by atoms with van der Waals surface area (Å²) in [4.78, 5) is 5.02. The van der Waals surface area contributed by atoms with Crippen molar-refractivity contribution in [3.63, 3.8) is 0 Å². The molecule has 1 N–H and O–H groups in total. The second-order valence-electron chi connectivity index (χ2n) is 6.71. The van der Waals surface area contributed by atoms with Crippen molar-refractivity contribution in [2.45, 2.75) is 12.1 Å². The monoisotopic (exact) mass is 426 g/mol. The highest BCUT2D eigenvalue weighted by atomic mass is 35.5. The Hall–Kier alpha value is -2.69. The first kappa shape index (κ1) is 19.6. The fourth-order valence-corrected chi connectivity index (χ4v) is 3.74. The molecule has 29 heavy (non-hydrogen) atoms. The van der Waals surface area contributed by atoms with Crippen molar-refractivity contribution in [1.29, 1.82) is 0 Å². The summed E-state index contributed by atoms with van der Waals surface area (Å²) in [6, 6.07) is 21.1. The van der Waals surface area contributed by atoms with E-state index in [9.17, 15) is 0 Å². The fraction of sp³-hybridized carbons (Fsp3) is 0.174. The van der Waals surface area contributed by atoms with Crippen LogP contribution in [0.1, 0.15) is 28.8 Å².